The van der Waals surface area contributed by atoms with Crippen molar-refractivity contribution in [3.63, 3.8) is 0 Å². The summed E-state index contributed by atoms with van der Waals surface area (Å²) in [6, 6.07) is 0. The maximum atomic E-state index is 13.1. The lowest BCUT2D eigenvalue weighted by atomic mass is 9.71. The smallest absolute Gasteiger partial charge is 0.230 e. The van der Waals surface area contributed by atoms with Crippen LogP contribution in [0.4, 0.5) is 0 Å². The van der Waals surface area contributed by atoms with Gasteiger partial charge >= 0.3 is 0 Å². The minimum Gasteiger partial charge on any atom is -0.392 e. The molecule has 4 aliphatic rings. The number of nitrogens with zero attached hydrogens (tertiary/aromatic N) is 2. The van der Waals surface area contributed by atoms with Gasteiger partial charge in [-0.2, -0.15) is 0 Å². The summed E-state index contributed by atoms with van der Waals surface area (Å²) in [6.07, 6.45) is 7.00. The van der Waals surface area contributed by atoms with Crippen molar-refractivity contribution in [3.8, 4) is 0 Å². The predicted molar refractivity (Wildman–Crippen MR) is 103 cm³/mol. The van der Waals surface area contributed by atoms with Gasteiger partial charge in [-0.1, -0.05) is 12.8 Å². The summed E-state index contributed by atoms with van der Waals surface area (Å²) >= 11 is 0. The molecule has 28 heavy (non-hydrogen) atoms. The molecule has 3 saturated heterocycles. The summed E-state index contributed by atoms with van der Waals surface area (Å²) in [5.41, 5.74) is -0.842. The van der Waals surface area contributed by atoms with E-state index >= 15 is 0 Å². The van der Waals surface area contributed by atoms with Crippen molar-refractivity contribution in [1.82, 2.24) is 15.1 Å². The molecular formula is C21H33N3O4. The normalized spacial score (nSPS) is 32.6. The fourth-order valence-electron chi connectivity index (χ4n) is 5.67. The molecule has 3 amide bonds. The van der Waals surface area contributed by atoms with Gasteiger partial charge in [-0.05, 0) is 44.9 Å². The van der Waals surface area contributed by atoms with Crippen LogP contribution in [-0.2, 0) is 14.4 Å². The Bertz CT molecular complexity index is 625. The van der Waals surface area contributed by atoms with Crippen molar-refractivity contribution < 1.29 is 19.5 Å². The molecule has 156 valence electrons. The van der Waals surface area contributed by atoms with E-state index in [0.717, 1.165) is 32.1 Å². The molecule has 3 aliphatic heterocycles. The third-order valence-corrected chi connectivity index (χ3v) is 7.49. The predicted octanol–water partition coefficient (Wildman–Crippen LogP) is 0.905. The second kappa shape index (κ2) is 8.01. The van der Waals surface area contributed by atoms with Crippen LogP contribution >= 0.6 is 0 Å². The van der Waals surface area contributed by atoms with E-state index in [4.69, 9.17) is 0 Å². The Kier molecular flexibility index (Phi) is 5.63. The topological polar surface area (TPSA) is 90.0 Å². The zero-order chi connectivity index (χ0) is 19.7. The Labute approximate surface area is 166 Å². The number of piperidine rings is 3. The third-order valence-electron chi connectivity index (χ3n) is 7.49. The largest absolute Gasteiger partial charge is 0.392 e. The molecule has 0 bridgehead atoms. The Balaban J connectivity index is 1.35. The second-order valence-corrected chi connectivity index (χ2v) is 9.16. The summed E-state index contributed by atoms with van der Waals surface area (Å²) in [5, 5.41) is 13.4. The molecule has 2 atom stereocenters. The lowest BCUT2D eigenvalue weighted by Crippen LogP contribution is -2.62. The molecule has 7 heteroatoms. The Hall–Kier alpha value is -1.63. The zero-order valence-electron chi connectivity index (χ0n) is 16.7. The van der Waals surface area contributed by atoms with Gasteiger partial charge in [-0.3, -0.25) is 14.4 Å². The number of carbonyl (C=O) groups is 3. The van der Waals surface area contributed by atoms with E-state index < -0.39 is 11.5 Å². The number of aliphatic hydroxyl groups is 1. The zero-order valence-corrected chi connectivity index (χ0v) is 16.7. The number of hydrogen-bond acceptors (Lipinski definition) is 4. The lowest BCUT2D eigenvalue weighted by molar-refractivity contribution is -0.158. The van der Waals surface area contributed by atoms with E-state index in [1.165, 1.54) is 0 Å². The molecule has 1 aliphatic carbocycles. The molecule has 0 aromatic heterocycles. The molecule has 2 N–H and O–H groups in total. The van der Waals surface area contributed by atoms with Crippen LogP contribution in [0.25, 0.3) is 0 Å². The molecule has 0 radical (unpaired) electrons. The third kappa shape index (κ3) is 3.53. The average Bonchev–Trinajstić information content (AvgIpc) is 3.26. The van der Waals surface area contributed by atoms with Gasteiger partial charge in [0.1, 0.15) is 0 Å². The van der Waals surface area contributed by atoms with Crippen molar-refractivity contribution in [2.75, 3.05) is 32.7 Å². The number of carbonyl (C=O) groups excluding carboxylic acids is 3. The van der Waals surface area contributed by atoms with Crippen LogP contribution in [0.5, 0.6) is 0 Å². The van der Waals surface area contributed by atoms with E-state index in [1.807, 2.05) is 4.90 Å². The van der Waals surface area contributed by atoms with Gasteiger partial charge in [-0.25, -0.2) is 0 Å². The van der Waals surface area contributed by atoms with E-state index in [1.54, 1.807) is 4.90 Å². The SMILES string of the molecule is O=C(C1CCCC1)N1CCC(C(=O)N2CC[C@H](O)[C@@]3(CCCNC3=O)C2)CC1. The van der Waals surface area contributed by atoms with Crippen molar-refractivity contribution in [1.29, 1.82) is 0 Å². The van der Waals surface area contributed by atoms with Crippen molar-refractivity contribution >= 4 is 17.7 Å². The van der Waals surface area contributed by atoms with Crippen LogP contribution in [0, 0.1) is 17.3 Å². The van der Waals surface area contributed by atoms with Crippen molar-refractivity contribution in [2.45, 2.75) is 63.9 Å². The number of rotatable bonds is 2. The summed E-state index contributed by atoms with van der Waals surface area (Å²) in [4.78, 5) is 42.0. The first-order valence-electron chi connectivity index (χ1n) is 11.1. The molecule has 0 aromatic rings. The molecular weight excluding hydrogens is 358 g/mol. The van der Waals surface area contributed by atoms with E-state index in [-0.39, 0.29) is 29.6 Å². The molecule has 0 aromatic carbocycles. The Morgan fingerprint density at radius 1 is 0.893 bits per heavy atom. The highest BCUT2D eigenvalue weighted by atomic mass is 16.3. The summed E-state index contributed by atoms with van der Waals surface area (Å²) in [5.74, 6) is 0.382. The highest BCUT2D eigenvalue weighted by Gasteiger charge is 2.51. The van der Waals surface area contributed by atoms with Crippen LogP contribution < -0.4 is 5.32 Å². The number of nitrogens with one attached hydrogen (secondary N) is 1. The highest BCUT2D eigenvalue weighted by molar-refractivity contribution is 5.86. The lowest BCUT2D eigenvalue weighted by Gasteiger charge is -2.47. The first-order valence-corrected chi connectivity index (χ1v) is 11.1. The first kappa shape index (κ1) is 19.7. The summed E-state index contributed by atoms with van der Waals surface area (Å²) in [7, 11) is 0. The van der Waals surface area contributed by atoms with Crippen molar-refractivity contribution in [3.05, 3.63) is 0 Å². The van der Waals surface area contributed by atoms with Gasteiger partial charge in [0.25, 0.3) is 0 Å². The monoisotopic (exact) mass is 391 g/mol. The minimum atomic E-state index is -0.842. The summed E-state index contributed by atoms with van der Waals surface area (Å²) < 4.78 is 0. The van der Waals surface area contributed by atoms with E-state index in [0.29, 0.717) is 58.4 Å². The standard InChI is InChI=1S/C21H33N3O4/c25-17-8-13-24(14-21(17)9-3-10-22-20(21)28)19(27)16-6-11-23(12-7-16)18(26)15-4-1-2-5-15/h15-17,25H,1-14H2,(H,22,28)/t17-,21+/m0/s1. The fourth-order valence-corrected chi connectivity index (χ4v) is 5.67. The van der Waals surface area contributed by atoms with Crippen LogP contribution in [0.1, 0.15) is 57.8 Å². The maximum absolute atomic E-state index is 13.1. The van der Waals surface area contributed by atoms with Crippen LogP contribution in [-0.4, -0.2) is 71.5 Å². The van der Waals surface area contributed by atoms with Gasteiger partial charge in [-0.15, -0.1) is 0 Å². The molecule has 4 rings (SSSR count). The fraction of sp³-hybridized carbons (Fsp3) is 0.857. The number of hydrogen-bond donors (Lipinski definition) is 2. The van der Waals surface area contributed by atoms with Gasteiger partial charge in [0, 0.05) is 44.6 Å². The van der Waals surface area contributed by atoms with E-state index in [9.17, 15) is 19.5 Å². The van der Waals surface area contributed by atoms with Crippen molar-refractivity contribution in [2.24, 2.45) is 17.3 Å². The first-order chi connectivity index (χ1) is 13.5. The van der Waals surface area contributed by atoms with Crippen LogP contribution in [0.15, 0.2) is 0 Å². The quantitative estimate of drug-likeness (QED) is 0.732. The maximum Gasteiger partial charge on any atom is 0.230 e. The molecule has 4 fully saturated rings. The second-order valence-electron chi connectivity index (χ2n) is 9.16. The summed E-state index contributed by atoms with van der Waals surface area (Å²) in [6.45, 7) is 2.80. The average molecular weight is 392 g/mol. The van der Waals surface area contributed by atoms with Gasteiger partial charge in [0.05, 0.1) is 11.5 Å². The highest BCUT2D eigenvalue weighted by Crippen LogP contribution is 2.38. The molecule has 3 heterocycles. The molecule has 0 unspecified atom stereocenters. The minimum absolute atomic E-state index is 0.0772. The van der Waals surface area contributed by atoms with Gasteiger partial charge < -0.3 is 20.2 Å². The Morgan fingerprint density at radius 2 is 1.50 bits per heavy atom. The number of amides is 3. The van der Waals surface area contributed by atoms with Gasteiger partial charge in [0.15, 0.2) is 0 Å². The van der Waals surface area contributed by atoms with Gasteiger partial charge in [0.2, 0.25) is 17.7 Å². The van der Waals surface area contributed by atoms with Crippen LogP contribution in [0.3, 0.4) is 0 Å². The number of likely N-dealkylation sites (tertiary alicyclic amines) is 2. The van der Waals surface area contributed by atoms with E-state index in [2.05, 4.69) is 5.32 Å². The number of aliphatic hydroxyl groups excluding tert-OH is 1. The van der Waals surface area contributed by atoms with Crippen LogP contribution in [0.2, 0.25) is 0 Å². The molecule has 1 spiro atoms. The molecule has 7 nitrogen and oxygen atoms in total. The Morgan fingerprint density at radius 3 is 2.18 bits per heavy atom. The molecule has 1 saturated carbocycles.